The van der Waals surface area contributed by atoms with Crippen molar-refractivity contribution in [3.05, 3.63) is 86.2 Å². The number of nitro benzene ring substituents is 1. The first-order valence-electron chi connectivity index (χ1n) is 10.3. The van der Waals surface area contributed by atoms with Crippen LogP contribution in [0.2, 0.25) is 0 Å². The van der Waals surface area contributed by atoms with E-state index in [0.717, 1.165) is 47.0 Å². The second kappa shape index (κ2) is 9.22. The lowest BCUT2D eigenvalue weighted by Crippen LogP contribution is -2.15. The van der Waals surface area contributed by atoms with E-state index >= 15 is 0 Å². The number of esters is 1. The highest BCUT2D eigenvalue weighted by molar-refractivity contribution is 7.90. The van der Waals surface area contributed by atoms with Gasteiger partial charge in [0.15, 0.2) is 16.4 Å². The largest absolute Gasteiger partial charge is 0.454 e. The minimum atomic E-state index is -3.87. The van der Waals surface area contributed by atoms with Crippen molar-refractivity contribution in [2.45, 2.75) is 32.6 Å². The fourth-order valence-electron chi connectivity index (χ4n) is 3.70. The Morgan fingerprint density at radius 3 is 2.26 bits per heavy atom. The number of sulfone groups is 1. The smallest absolute Gasteiger partial charge is 0.338 e. The Bertz CT molecular complexity index is 1440. The molecule has 0 atom stereocenters. The summed E-state index contributed by atoms with van der Waals surface area (Å²) in [6, 6.07) is 10.6. The number of ketones is 1. The van der Waals surface area contributed by atoms with Crippen LogP contribution in [-0.2, 0) is 14.6 Å². The van der Waals surface area contributed by atoms with Crippen LogP contribution < -0.4 is 0 Å². The predicted octanol–water partition coefficient (Wildman–Crippen LogP) is 4.06. The average Bonchev–Trinajstić information content (AvgIpc) is 3.06. The fourth-order valence-corrected chi connectivity index (χ4v) is 4.53. The van der Waals surface area contributed by atoms with E-state index in [9.17, 15) is 28.1 Å². The summed E-state index contributed by atoms with van der Waals surface area (Å²) in [6.07, 6.45) is 0.834. The Balaban J connectivity index is 1.81. The molecule has 3 aromatic rings. The van der Waals surface area contributed by atoms with E-state index < -0.39 is 43.7 Å². The molecule has 0 N–H and O–H groups in total. The quantitative estimate of drug-likeness (QED) is 0.214. The van der Waals surface area contributed by atoms with E-state index in [2.05, 4.69) is 0 Å². The molecule has 0 amide bonds. The Morgan fingerprint density at radius 2 is 1.68 bits per heavy atom. The average molecular weight is 485 g/mol. The van der Waals surface area contributed by atoms with Gasteiger partial charge in [-0.05, 0) is 69.2 Å². The molecule has 0 unspecified atom stereocenters. The van der Waals surface area contributed by atoms with Crippen LogP contribution in [0.15, 0.2) is 47.4 Å². The summed E-state index contributed by atoms with van der Waals surface area (Å²) in [5, 5.41) is 11.3. The van der Waals surface area contributed by atoms with Gasteiger partial charge in [-0.3, -0.25) is 14.9 Å². The number of hydrogen-bond donors (Lipinski definition) is 0. The van der Waals surface area contributed by atoms with Gasteiger partial charge in [0.1, 0.15) is 4.90 Å². The summed E-state index contributed by atoms with van der Waals surface area (Å²) in [7, 11) is -3.87. The highest BCUT2D eigenvalue weighted by Crippen LogP contribution is 2.26. The van der Waals surface area contributed by atoms with Gasteiger partial charge in [0, 0.05) is 35.0 Å². The zero-order chi connectivity index (χ0) is 25.4. The van der Waals surface area contributed by atoms with Crippen molar-refractivity contribution in [1.82, 2.24) is 4.57 Å². The molecule has 9 nitrogen and oxygen atoms in total. The van der Waals surface area contributed by atoms with Crippen LogP contribution >= 0.6 is 0 Å². The molecule has 1 aromatic heterocycles. The van der Waals surface area contributed by atoms with Gasteiger partial charge in [0.2, 0.25) is 5.78 Å². The standard InChI is InChI=1S/C24H24N2O7S/c1-14-6-8-19(10-15(14)2)25-16(3)11-20(17(25)4)22(27)13-33-24(28)18-7-9-23(34(5,31)32)21(12-18)26(29)30/h6-12H,13H2,1-5H3. The van der Waals surface area contributed by atoms with Gasteiger partial charge in [-0.25, -0.2) is 13.2 Å². The molecule has 10 heteroatoms. The second-order valence-electron chi connectivity index (χ2n) is 8.10. The molecule has 178 valence electrons. The van der Waals surface area contributed by atoms with Gasteiger partial charge in [0.25, 0.3) is 5.69 Å². The van der Waals surface area contributed by atoms with E-state index in [4.69, 9.17) is 4.74 Å². The van der Waals surface area contributed by atoms with E-state index in [1.807, 2.05) is 43.5 Å². The van der Waals surface area contributed by atoms with Gasteiger partial charge in [-0.1, -0.05) is 6.07 Å². The molecule has 0 saturated heterocycles. The molecular weight excluding hydrogens is 460 g/mol. The zero-order valence-electron chi connectivity index (χ0n) is 19.4. The van der Waals surface area contributed by atoms with Crippen LogP contribution in [0.3, 0.4) is 0 Å². The number of ether oxygens (including phenoxy) is 1. The number of Topliss-reactive ketones (excluding diaryl/α,β-unsaturated/α-hetero) is 1. The highest BCUT2D eigenvalue weighted by atomic mass is 32.2. The van der Waals surface area contributed by atoms with E-state index in [1.165, 1.54) is 0 Å². The normalized spacial score (nSPS) is 11.3. The van der Waals surface area contributed by atoms with Crippen molar-refractivity contribution in [3.8, 4) is 5.69 Å². The molecule has 0 spiro atoms. The Morgan fingerprint density at radius 1 is 1.00 bits per heavy atom. The number of aryl methyl sites for hydroxylation is 3. The molecule has 0 aliphatic heterocycles. The molecule has 34 heavy (non-hydrogen) atoms. The van der Waals surface area contributed by atoms with Crippen molar-refractivity contribution in [2.75, 3.05) is 12.9 Å². The highest BCUT2D eigenvalue weighted by Gasteiger charge is 2.25. The van der Waals surface area contributed by atoms with E-state index in [-0.39, 0.29) is 5.56 Å². The van der Waals surface area contributed by atoms with E-state index in [0.29, 0.717) is 11.3 Å². The minimum absolute atomic E-state index is 0.229. The van der Waals surface area contributed by atoms with E-state index in [1.54, 1.807) is 13.0 Å². The number of benzene rings is 2. The molecular formula is C24H24N2O7S. The molecule has 2 aromatic carbocycles. The number of nitrogens with zero attached hydrogens (tertiary/aromatic N) is 2. The predicted molar refractivity (Wildman–Crippen MR) is 126 cm³/mol. The Hall–Kier alpha value is -3.79. The summed E-state index contributed by atoms with van der Waals surface area (Å²) in [5.41, 5.74) is 4.13. The SMILES string of the molecule is Cc1ccc(-n2c(C)cc(C(=O)COC(=O)c3ccc(S(C)(=O)=O)c([N+](=O)[O-])c3)c2C)cc1C. The maximum absolute atomic E-state index is 12.8. The first-order chi connectivity index (χ1) is 15.8. The number of nitro groups is 1. The van der Waals surface area contributed by atoms with Crippen LogP contribution in [0.1, 0.15) is 43.2 Å². The maximum Gasteiger partial charge on any atom is 0.338 e. The first-order valence-corrected chi connectivity index (χ1v) is 12.2. The van der Waals surface area contributed by atoms with Crippen molar-refractivity contribution in [1.29, 1.82) is 0 Å². The number of hydrogen-bond acceptors (Lipinski definition) is 7. The fraction of sp³-hybridized carbons (Fsp3) is 0.250. The van der Waals surface area contributed by atoms with Crippen LogP contribution in [-0.4, -0.2) is 42.5 Å². The summed E-state index contributed by atoms with van der Waals surface area (Å²) < 4.78 is 30.5. The first kappa shape index (κ1) is 24.8. The third kappa shape index (κ3) is 4.91. The maximum atomic E-state index is 12.8. The Labute approximate surface area is 197 Å². The molecule has 3 rings (SSSR count). The lowest BCUT2D eigenvalue weighted by Gasteiger charge is -2.12. The molecule has 0 aliphatic carbocycles. The van der Waals surface area contributed by atoms with Crippen LogP contribution in [0, 0.1) is 37.8 Å². The van der Waals surface area contributed by atoms with Crippen LogP contribution in [0.4, 0.5) is 5.69 Å². The van der Waals surface area contributed by atoms with Gasteiger partial charge >= 0.3 is 5.97 Å². The number of aromatic nitrogens is 1. The molecule has 0 bridgehead atoms. The van der Waals surface area contributed by atoms with Crippen molar-refractivity contribution >= 4 is 27.3 Å². The second-order valence-corrected chi connectivity index (χ2v) is 10.1. The lowest BCUT2D eigenvalue weighted by atomic mass is 10.1. The molecule has 0 saturated carbocycles. The van der Waals surface area contributed by atoms with Crippen LogP contribution in [0.5, 0.6) is 0 Å². The van der Waals surface area contributed by atoms with Crippen molar-refractivity contribution < 1.29 is 27.7 Å². The molecule has 0 aliphatic rings. The molecule has 0 fully saturated rings. The van der Waals surface area contributed by atoms with Gasteiger partial charge < -0.3 is 9.30 Å². The van der Waals surface area contributed by atoms with Crippen LogP contribution in [0.25, 0.3) is 5.69 Å². The summed E-state index contributed by atoms with van der Waals surface area (Å²) >= 11 is 0. The lowest BCUT2D eigenvalue weighted by molar-refractivity contribution is -0.387. The third-order valence-electron chi connectivity index (χ3n) is 5.61. The summed E-state index contributed by atoms with van der Waals surface area (Å²) in [5.74, 6) is -1.40. The van der Waals surface area contributed by atoms with Crippen molar-refractivity contribution in [3.63, 3.8) is 0 Å². The number of carbonyl (C=O) groups excluding carboxylic acids is 2. The van der Waals surface area contributed by atoms with Gasteiger partial charge in [-0.2, -0.15) is 0 Å². The topological polar surface area (TPSA) is 126 Å². The molecule has 1 heterocycles. The van der Waals surface area contributed by atoms with Crippen molar-refractivity contribution in [2.24, 2.45) is 0 Å². The van der Waals surface area contributed by atoms with Gasteiger partial charge in [0.05, 0.1) is 10.5 Å². The monoisotopic (exact) mass is 484 g/mol. The minimum Gasteiger partial charge on any atom is -0.454 e. The Kier molecular flexibility index (Phi) is 6.74. The molecule has 0 radical (unpaired) electrons. The number of rotatable bonds is 7. The van der Waals surface area contributed by atoms with Gasteiger partial charge in [-0.15, -0.1) is 0 Å². The summed E-state index contributed by atoms with van der Waals surface area (Å²) in [4.78, 5) is 35.1. The summed E-state index contributed by atoms with van der Waals surface area (Å²) in [6.45, 7) is 7.11. The zero-order valence-corrected chi connectivity index (χ0v) is 20.2. The third-order valence-corrected chi connectivity index (χ3v) is 6.75. The number of carbonyl (C=O) groups is 2.